The van der Waals surface area contributed by atoms with Gasteiger partial charge in [0.05, 0.1) is 42.1 Å². The van der Waals surface area contributed by atoms with Crippen LogP contribution in [0.3, 0.4) is 0 Å². The standard InChI is InChI=1S/C22H24N2O4S/c1-26-17-12-19(28-3)18(27-2)11-15(17)22(25)24-10-6-7-14(13-24)21-23-16-8-4-5-9-20(16)29-21/h4-5,8-9,11-12,14H,6-7,10,13H2,1-3H3/t14-/m0/s1. The fraction of sp³-hybridized carbons (Fsp3) is 0.364. The van der Waals surface area contributed by atoms with Crippen LogP contribution in [0, 0.1) is 0 Å². The van der Waals surface area contributed by atoms with E-state index in [1.54, 1.807) is 44.8 Å². The van der Waals surface area contributed by atoms with E-state index in [4.69, 9.17) is 19.2 Å². The number of aromatic nitrogens is 1. The van der Waals surface area contributed by atoms with Crippen LogP contribution in [0.15, 0.2) is 36.4 Å². The molecule has 7 heteroatoms. The Bertz CT molecular complexity index is 1000. The maximum absolute atomic E-state index is 13.3. The number of amides is 1. The summed E-state index contributed by atoms with van der Waals surface area (Å²) in [6.45, 7) is 1.37. The highest BCUT2D eigenvalue weighted by atomic mass is 32.1. The maximum atomic E-state index is 13.3. The van der Waals surface area contributed by atoms with Crippen LogP contribution in [0.25, 0.3) is 10.2 Å². The molecule has 0 unspecified atom stereocenters. The van der Waals surface area contributed by atoms with Gasteiger partial charge in [0.15, 0.2) is 11.5 Å². The van der Waals surface area contributed by atoms with Crippen molar-refractivity contribution in [1.29, 1.82) is 0 Å². The van der Waals surface area contributed by atoms with Gasteiger partial charge in [-0.1, -0.05) is 12.1 Å². The molecule has 1 amide bonds. The fourth-order valence-corrected chi connectivity index (χ4v) is 4.89. The monoisotopic (exact) mass is 412 g/mol. The summed E-state index contributed by atoms with van der Waals surface area (Å²) in [5, 5.41) is 1.10. The number of benzene rings is 2. The zero-order valence-electron chi connectivity index (χ0n) is 16.8. The Morgan fingerprint density at radius 3 is 2.52 bits per heavy atom. The molecule has 0 N–H and O–H groups in total. The molecule has 1 fully saturated rings. The fourth-order valence-electron chi connectivity index (χ4n) is 3.79. The molecule has 1 aromatic heterocycles. The number of piperidine rings is 1. The summed E-state index contributed by atoms with van der Waals surface area (Å²) in [6.07, 6.45) is 1.98. The third-order valence-corrected chi connectivity index (χ3v) is 6.50. The van der Waals surface area contributed by atoms with Crippen LogP contribution in [0.2, 0.25) is 0 Å². The van der Waals surface area contributed by atoms with Crippen LogP contribution in [0.5, 0.6) is 17.2 Å². The Morgan fingerprint density at radius 1 is 1.07 bits per heavy atom. The second kappa shape index (κ2) is 8.29. The van der Waals surface area contributed by atoms with Crippen LogP contribution in [0.4, 0.5) is 0 Å². The summed E-state index contributed by atoms with van der Waals surface area (Å²) >= 11 is 1.72. The molecule has 1 saturated heterocycles. The number of nitrogens with zero attached hydrogens (tertiary/aromatic N) is 2. The number of hydrogen-bond donors (Lipinski definition) is 0. The van der Waals surface area contributed by atoms with Gasteiger partial charge >= 0.3 is 0 Å². The molecule has 1 atom stereocenters. The van der Waals surface area contributed by atoms with Crippen molar-refractivity contribution in [2.24, 2.45) is 0 Å². The number of rotatable bonds is 5. The molecule has 0 saturated carbocycles. The lowest BCUT2D eigenvalue weighted by molar-refractivity contribution is 0.0703. The molecule has 152 valence electrons. The molecule has 6 nitrogen and oxygen atoms in total. The highest BCUT2D eigenvalue weighted by Gasteiger charge is 2.29. The number of hydrogen-bond acceptors (Lipinski definition) is 6. The van der Waals surface area contributed by atoms with Crippen molar-refractivity contribution >= 4 is 27.5 Å². The van der Waals surface area contributed by atoms with Gasteiger partial charge in [0.25, 0.3) is 5.91 Å². The van der Waals surface area contributed by atoms with E-state index >= 15 is 0 Å². The van der Waals surface area contributed by atoms with Gasteiger partial charge in [0.1, 0.15) is 5.75 Å². The topological polar surface area (TPSA) is 60.9 Å². The lowest BCUT2D eigenvalue weighted by Crippen LogP contribution is -2.39. The number of methoxy groups -OCH3 is 3. The van der Waals surface area contributed by atoms with Gasteiger partial charge in [-0.15, -0.1) is 11.3 Å². The Hall–Kier alpha value is -2.80. The molecule has 4 rings (SSSR count). The highest BCUT2D eigenvalue weighted by Crippen LogP contribution is 2.37. The minimum atomic E-state index is -0.0615. The van der Waals surface area contributed by atoms with Gasteiger partial charge in [-0.25, -0.2) is 4.98 Å². The average molecular weight is 413 g/mol. The van der Waals surface area contributed by atoms with Crippen molar-refractivity contribution < 1.29 is 19.0 Å². The average Bonchev–Trinajstić information content (AvgIpc) is 3.22. The molecule has 0 bridgehead atoms. The molecule has 2 aromatic carbocycles. The highest BCUT2D eigenvalue weighted by molar-refractivity contribution is 7.18. The summed E-state index contributed by atoms with van der Waals surface area (Å²) in [4.78, 5) is 20.0. The lowest BCUT2D eigenvalue weighted by Gasteiger charge is -2.32. The van der Waals surface area contributed by atoms with Gasteiger partial charge in [-0.2, -0.15) is 0 Å². The molecule has 1 aliphatic rings. The van der Waals surface area contributed by atoms with Crippen LogP contribution >= 0.6 is 11.3 Å². The van der Waals surface area contributed by atoms with Crippen molar-refractivity contribution in [1.82, 2.24) is 9.88 Å². The molecule has 2 heterocycles. The summed E-state index contributed by atoms with van der Waals surface area (Å²) < 4.78 is 17.3. The van der Waals surface area contributed by atoms with Gasteiger partial charge in [-0.3, -0.25) is 4.79 Å². The number of thiazole rings is 1. The maximum Gasteiger partial charge on any atom is 0.257 e. The number of fused-ring (bicyclic) bond motifs is 1. The molecule has 0 aliphatic carbocycles. The second-order valence-electron chi connectivity index (χ2n) is 7.02. The normalized spacial score (nSPS) is 16.7. The summed E-state index contributed by atoms with van der Waals surface area (Å²) in [5.41, 5.74) is 1.51. The summed E-state index contributed by atoms with van der Waals surface area (Å²) in [5.74, 6) is 1.71. The third-order valence-electron chi connectivity index (χ3n) is 5.30. The molecule has 0 radical (unpaired) electrons. The number of para-hydroxylation sites is 1. The van der Waals surface area contributed by atoms with E-state index < -0.39 is 0 Å². The molecule has 29 heavy (non-hydrogen) atoms. The Balaban J connectivity index is 1.60. The van der Waals surface area contributed by atoms with Gasteiger partial charge in [-0.05, 0) is 25.0 Å². The van der Waals surface area contributed by atoms with Crippen molar-refractivity contribution in [3.8, 4) is 17.2 Å². The van der Waals surface area contributed by atoms with E-state index in [9.17, 15) is 4.79 Å². The summed E-state index contributed by atoms with van der Waals surface area (Å²) in [6, 6.07) is 11.6. The van der Waals surface area contributed by atoms with Crippen molar-refractivity contribution in [2.45, 2.75) is 18.8 Å². The Kier molecular flexibility index (Phi) is 5.58. The number of ether oxygens (including phenoxy) is 3. The molecule has 1 aliphatic heterocycles. The van der Waals surface area contributed by atoms with E-state index in [1.165, 1.54) is 4.70 Å². The predicted octanol–water partition coefficient (Wildman–Crippen LogP) is 4.34. The van der Waals surface area contributed by atoms with Crippen molar-refractivity contribution in [2.75, 3.05) is 34.4 Å². The van der Waals surface area contributed by atoms with E-state index in [1.807, 2.05) is 23.1 Å². The number of likely N-dealkylation sites (tertiary alicyclic amines) is 1. The molecular weight excluding hydrogens is 388 g/mol. The molecule has 3 aromatic rings. The molecular formula is C22H24N2O4S. The van der Waals surface area contributed by atoms with Gasteiger partial charge < -0.3 is 19.1 Å². The zero-order chi connectivity index (χ0) is 20.4. The largest absolute Gasteiger partial charge is 0.496 e. The third kappa shape index (κ3) is 3.74. The Labute approximate surface area is 174 Å². The quantitative estimate of drug-likeness (QED) is 0.624. The first-order valence-corrected chi connectivity index (χ1v) is 10.4. The SMILES string of the molecule is COc1cc(OC)c(C(=O)N2CCC[C@H](c3nc4ccccc4s3)C2)cc1OC. The zero-order valence-corrected chi connectivity index (χ0v) is 17.6. The Morgan fingerprint density at radius 2 is 1.79 bits per heavy atom. The summed E-state index contributed by atoms with van der Waals surface area (Å²) in [7, 11) is 4.67. The van der Waals surface area contributed by atoms with Crippen molar-refractivity contribution in [3.05, 3.63) is 47.0 Å². The minimum absolute atomic E-state index is 0.0615. The molecule has 0 spiro atoms. The minimum Gasteiger partial charge on any atom is -0.496 e. The van der Waals surface area contributed by atoms with Crippen LogP contribution in [-0.4, -0.2) is 50.2 Å². The van der Waals surface area contributed by atoms with Crippen LogP contribution in [-0.2, 0) is 0 Å². The van der Waals surface area contributed by atoms with Gasteiger partial charge in [0.2, 0.25) is 0 Å². The van der Waals surface area contributed by atoms with Crippen LogP contribution < -0.4 is 14.2 Å². The lowest BCUT2D eigenvalue weighted by atomic mass is 9.97. The van der Waals surface area contributed by atoms with E-state index in [0.717, 1.165) is 29.9 Å². The number of carbonyl (C=O) groups is 1. The van der Waals surface area contributed by atoms with Crippen molar-refractivity contribution in [3.63, 3.8) is 0 Å². The smallest absolute Gasteiger partial charge is 0.257 e. The van der Waals surface area contributed by atoms with Crippen LogP contribution in [0.1, 0.15) is 34.1 Å². The van der Waals surface area contributed by atoms with E-state index in [0.29, 0.717) is 29.4 Å². The first-order valence-electron chi connectivity index (χ1n) is 9.59. The first-order chi connectivity index (χ1) is 14.1. The van der Waals surface area contributed by atoms with E-state index in [2.05, 4.69) is 6.07 Å². The van der Waals surface area contributed by atoms with E-state index in [-0.39, 0.29) is 11.8 Å². The second-order valence-corrected chi connectivity index (χ2v) is 8.08. The predicted molar refractivity (Wildman–Crippen MR) is 114 cm³/mol. The number of carbonyl (C=O) groups excluding carboxylic acids is 1. The van der Waals surface area contributed by atoms with Gasteiger partial charge in [0, 0.05) is 31.1 Å². The first kappa shape index (κ1) is 19.5.